The SMILES string of the molecule is CC(C)(C)OC(=O)NOCCOCCOCCNC=O.CC(CCCCNC(=O)COCCOCCN)NC(=O)COCCOCCN. The Hall–Kier alpha value is -2.68. The summed E-state index contributed by atoms with van der Waals surface area (Å²) in [4.78, 5) is 49.2. The molecule has 0 radical (unpaired) electrons. The molecule has 0 bridgehead atoms. The number of hydrogen-bond acceptors (Lipinski definition) is 14. The molecule has 284 valence electrons. The predicted molar refractivity (Wildman–Crippen MR) is 177 cm³/mol. The molecule has 8 N–H and O–H groups in total. The number of unbranched alkanes of at least 4 members (excludes halogenated alkanes) is 1. The normalized spacial score (nSPS) is 11.5. The lowest BCUT2D eigenvalue weighted by Crippen LogP contribution is -2.35. The van der Waals surface area contributed by atoms with E-state index in [9.17, 15) is 19.2 Å². The average molecular weight is 699 g/mol. The van der Waals surface area contributed by atoms with Crippen LogP contribution in [0.5, 0.6) is 0 Å². The third-order valence-electron chi connectivity index (χ3n) is 5.26. The Bertz CT molecular complexity index is 777. The second kappa shape index (κ2) is 35.6. The van der Waals surface area contributed by atoms with E-state index in [1.54, 1.807) is 20.8 Å². The summed E-state index contributed by atoms with van der Waals surface area (Å²) < 4.78 is 36.0. The van der Waals surface area contributed by atoms with Gasteiger partial charge in [-0.1, -0.05) is 0 Å². The fourth-order valence-corrected chi connectivity index (χ4v) is 3.20. The van der Waals surface area contributed by atoms with Crippen LogP contribution < -0.4 is 32.9 Å². The number of amides is 4. The molecule has 0 rings (SSSR count). The highest BCUT2D eigenvalue weighted by Crippen LogP contribution is 2.06. The number of nitrogens with two attached hydrogens (primary N) is 2. The second-order valence-electron chi connectivity index (χ2n) is 11.0. The van der Waals surface area contributed by atoms with Gasteiger partial charge in [-0.05, 0) is 47.0 Å². The topological polar surface area (TPSA) is 242 Å². The molecule has 0 aromatic heterocycles. The molecule has 0 heterocycles. The Kier molecular flexibility index (Phi) is 35.2. The zero-order valence-electron chi connectivity index (χ0n) is 29.4. The highest BCUT2D eigenvalue weighted by Gasteiger charge is 2.15. The van der Waals surface area contributed by atoms with E-state index in [0.717, 1.165) is 19.3 Å². The van der Waals surface area contributed by atoms with Crippen molar-refractivity contribution < 1.29 is 57.2 Å². The van der Waals surface area contributed by atoms with E-state index in [1.165, 1.54) is 0 Å². The van der Waals surface area contributed by atoms with Crippen LogP contribution in [-0.4, -0.2) is 148 Å². The molecule has 48 heavy (non-hydrogen) atoms. The lowest BCUT2D eigenvalue weighted by molar-refractivity contribution is -0.127. The maximum atomic E-state index is 11.7. The molecule has 1 unspecified atom stereocenters. The van der Waals surface area contributed by atoms with Crippen molar-refractivity contribution in [3.8, 4) is 0 Å². The van der Waals surface area contributed by atoms with E-state index in [4.69, 9.17) is 49.5 Å². The van der Waals surface area contributed by atoms with Gasteiger partial charge in [-0.15, -0.1) is 0 Å². The van der Waals surface area contributed by atoms with Crippen LogP contribution in [0.2, 0.25) is 0 Å². The van der Waals surface area contributed by atoms with Crippen molar-refractivity contribution in [1.29, 1.82) is 0 Å². The summed E-state index contributed by atoms with van der Waals surface area (Å²) in [5.74, 6) is -0.292. The molecule has 0 saturated heterocycles. The molecule has 0 aliphatic rings. The number of hydrogen-bond donors (Lipinski definition) is 6. The first-order valence-corrected chi connectivity index (χ1v) is 16.3. The molecule has 0 aliphatic carbocycles. The molecule has 0 spiro atoms. The van der Waals surface area contributed by atoms with Gasteiger partial charge in [0.25, 0.3) is 0 Å². The van der Waals surface area contributed by atoms with Gasteiger partial charge in [0.1, 0.15) is 18.8 Å². The summed E-state index contributed by atoms with van der Waals surface area (Å²) in [6.07, 6.45) is 2.54. The first-order valence-electron chi connectivity index (χ1n) is 16.3. The Morgan fingerprint density at radius 1 is 0.688 bits per heavy atom. The number of nitrogens with one attached hydrogen (secondary N) is 4. The van der Waals surface area contributed by atoms with E-state index in [1.807, 2.05) is 6.92 Å². The van der Waals surface area contributed by atoms with Crippen molar-refractivity contribution in [3.63, 3.8) is 0 Å². The van der Waals surface area contributed by atoms with Crippen LogP contribution >= 0.6 is 0 Å². The van der Waals surface area contributed by atoms with Crippen molar-refractivity contribution >= 4 is 24.3 Å². The van der Waals surface area contributed by atoms with Gasteiger partial charge in [0.15, 0.2) is 0 Å². The molecule has 4 amide bonds. The van der Waals surface area contributed by atoms with Gasteiger partial charge in [0.05, 0.1) is 72.7 Å². The maximum Gasteiger partial charge on any atom is 0.431 e. The molecular weight excluding hydrogens is 636 g/mol. The standard InChI is InChI=1S/C18H38N4O6.C12H24N2O6/c1-16(22-18(24)15-28-13-11-26-9-6-20)4-2-3-7-21-17(23)14-27-12-10-25-8-5-19;1-12(2,3)20-11(16)14-19-9-8-18-7-6-17-5-4-13-10-15/h16H,2-15,19-20H2,1H3,(H,21,23)(H,22,24);10H,4-9H2,1-3H3,(H,13,15)(H,14,16). The van der Waals surface area contributed by atoms with Crippen molar-refractivity contribution in [1.82, 2.24) is 21.4 Å². The van der Waals surface area contributed by atoms with Crippen molar-refractivity contribution in [2.45, 2.75) is 58.6 Å². The first kappa shape index (κ1) is 47.4. The monoisotopic (exact) mass is 698 g/mol. The average Bonchev–Trinajstić information content (AvgIpc) is 3.02. The van der Waals surface area contributed by atoms with Crippen molar-refractivity contribution in [3.05, 3.63) is 0 Å². The number of rotatable bonds is 31. The van der Waals surface area contributed by atoms with Gasteiger partial charge in [-0.3, -0.25) is 19.2 Å². The van der Waals surface area contributed by atoms with Gasteiger partial charge in [-0.25, -0.2) is 4.79 Å². The fourth-order valence-electron chi connectivity index (χ4n) is 3.20. The predicted octanol–water partition coefficient (Wildman–Crippen LogP) is -1.02. The van der Waals surface area contributed by atoms with E-state index in [2.05, 4.69) is 21.4 Å². The summed E-state index contributed by atoms with van der Waals surface area (Å²) in [6.45, 7) is 13.7. The molecule has 1 atom stereocenters. The summed E-state index contributed by atoms with van der Waals surface area (Å²) in [6, 6.07) is 0.0529. The molecular formula is C30H62N6O12. The van der Waals surface area contributed by atoms with E-state index < -0.39 is 11.7 Å². The molecule has 18 heteroatoms. The summed E-state index contributed by atoms with van der Waals surface area (Å²) in [5.41, 5.74) is 12.2. The maximum absolute atomic E-state index is 11.7. The molecule has 0 aromatic rings. The van der Waals surface area contributed by atoms with Crippen LogP contribution in [0, 0.1) is 0 Å². The zero-order valence-corrected chi connectivity index (χ0v) is 29.4. The molecule has 0 saturated carbocycles. The van der Waals surface area contributed by atoms with E-state index >= 15 is 0 Å². The summed E-state index contributed by atoms with van der Waals surface area (Å²) in [7, 11) is 0. The second-order valence-corrected chi connectivity index (χ2v) is 11.0. The molecule has 18 nitrogen and oxygen atoms in total. The largest absolute Gasteiger partial charge is 0.442 e. The third kappa shape index (κ3) is 41.3. The molecule has 0 aliphatic heterocycles. The van der Waals surface area contributed by atoms with Gasteiger partial charge in [0, 0.05) is 32.2 Å². The van der Waals surface area contributed by atoms with Gasteiger partial charge < -0.3 is 60.6 Å². The van der Waals surface area contributed by atoms with Crippen LogP contribution in [0.3, 0.4) is 0 Å². The smallest absolute Gasteiger partial charge is 0.431 e. The lowest BCUT2D eigenvalue weighted by atomic mass is 10.1. The Morgan fingerprint density at radius 2 is 1.21 bits per heavy atom. The molecule has 0 aromatic carbocycles. The number of ether oxygens (including phenoxy) is 7. The highest BCUT2D eigenvalue weighted by molar-refractivity contribution is 5.77. The number of carbonyl (C=O) groups is 4. The van der Waals surface area contributed by atoms with Crippen LogP contribution in [0.15, 0.2) is 0 Å². The van der Waals surface area contributed by atoms with Crippen LogP contribution in [0.4, 0.5) is 4.79 Å². The zero-order chi connectivity index (χ0) is 36.1. The molecule has 0 fully saturated rings. The van der Waals surface area contributed by atoms with E-state index in [0.29, 0.717) is 98.7 Å². The lowest BCUT2D eigenvalue weighted by Gasteiger charge is -2.19. The highest BCUT2D eigenvalue weighted by atomic mass is 16.7. The van der Waals surface area contributed by atoms with Crippen molar-refractivity contribution in [2.75, 3.05) is 112 Å². The Balaban J connectivity index is 0. The van der Waals surface area contributed by atoms with E-state index in [-0.39, 0.29) is 37.7 Å². The van der Waals surface area contributed by atoms with Crippen LogP contribution in [-0.2, 0) is 52.4 Å². The van der Waals surface area contributed by atoms with Crippen LogP contribution in [0.1, 0.15) is 47.0 Å². The Morgan fingerprint density at radius 3 is 1.77 bits per heavy atom. The minimum Gasteiger partial charge on any atom is -0.442 e. The number of carbonyl (C=O) groups excluding carboxylic acids is 4. The minimum atomic E-state index is -0.636. The minimum absolute atomic E-state index is 0.0175. The van der Waals surface area contributed by atoms with Gasteiger partial charge >= 0.3 is 6.09 Å². The quantitative estimate of drug-likeness (QED) is 0.0289. The number of hydroxylamine groups is 1. The summed E-state index contributed by atoms with van der Waals surface area (Å²) in [5, 5.41) is 8.15. The summed E-state index contributed by atoms with van der Waals surface area (Å²) >= 11 is 0. The Labute approximate surface area is 285 Å². The fraction of sp³-hybridized carbons (Fsp3) is 0.867. The van der Waals surface area contributed by atoms with Crippen LogP contribution in [0.25, 0.3) is 0 Å². The van der Waals surface area contributed by atoms with Gasteiger partial charge in [0.2, 0.25) is 18.2 Å². The van der Waals surface area contributed by atoms with Crippen molar-refractivity contribution in [2.24, 2.45) is 11.5 Å². The third-order valence-corrected chi connectivity index (χ3v) is 5.26. The van der Waals surface area contributed by atoms with Gasteiger partial charge in [-0.2, -0.15) is 5.48 Å². The first-order chi connectivity index (χ1) is 23.1.